The van der Waals surface area contributed by atoms with E-state index in [-0.39, 0.29) is 10.8 Å². The van der Waals surface area contributed by atoms with Crippen LogP contribution in [0.1, 0.15) is 21.5 Å². The predicted molar refractivity (Wildman–Crippen MR) is 94.4 cm³/mol. The molecule has 3 aromatic rings. The van der Waals surface area contributed by atoms with Gasteiger partial charge in [-0.25, -0.2) is 18.2 Å². The van der Waals surface area contributed by atoms with Crippen LogP contribution in [-0.2, 0) is 10.0 Å². The number of amides is 1. The van der Waals surface area contributed by atoms with E-state index in [9.17, 15) is 13.2 Å². The highest BCUT2D eigenvalue weighted by atomic mass is 32.2. The smallest absolute Gasteiger partial charge is 0.255 e. The maximum absolute atomic E-state index is 12.5. The van der Waals surface area contributed by atoms with E-state index >= 15 is 0 Å². The lowest BCUT2D eigenvalue weighted by Gasteiger charge is -2.13. The fraction of sp³-hybridized carbons (Fsp3) is 0.125. The number of tetrazole rings is 1. The first kappa shape index (κ1) is 17.7. The number of carbonyl (C=O) groups excluding carboxylic acids is 1. The Hall–Kier alpha value is -3.11. The van der Waals surface area contributed by atoms with Gasteiger partial charge in [0.2, 0.25) is 10.0 Å². The monoisotopic (exact) mass is 372 g/mol. The van der Waals surface area contributed by atoms with Crippen molar-refractivity contribution in [2.75, 3.05) is 5.32 Å². The van der Waals surface area contributed by atoms with Crippen LogP contribution in [0.2, 0.25) is 0 Å². The Bertz CT molecular complexity index is 1060. The molecule has 0 saturated carbocycles. The fourth-order valence-electron chi connectivity index (χ4n) is 2.36. The van der Waals surface area contributed by atoms with Crippen LogP contribution in [0.3, 0.4) is 0 Å². The van der Waals surface area contributed by atoms with Gasteiger partial charge in [-0.05, 0) is 71.8 Å². The van der Waals surface area contributed by atoms with Crippen molar-refractivity contribution in [1.29, 1.82) is 0 Å². The van der Waals surface area contributed by atoms with Crippen LogP contribution in [0, 0.1) is 13.8 Å². The Balaban J connectivity index is 1.87. The molecule has 0 aliphatic rings. The SMILES string of the molecule is Cc1cc(S(N)(=O)=O)cc(NC(=O)c2ccc(-n3cnnn3)cc2)c1C. The molecule has 0 aliphatic carbocycles. The van der Waals surface area contributed by atoms with Gasteiger partial charge in [0.05, 0.1) is 10.6 Å². The van der Waals surface area contributed by atoms with E-state index in [4.69, 9.17) is 5.14 Å². The van der Waals surface area contributed by atoms with Crippen molar-refractivity contribution in [3.05, 3.63) is 59.4 Å². The van der Waals surface area contributed by atoms with E-state index in [1.54, 1.807) is 38.1 Å². The fourth-order valence-corrected chi connectivity index (χ4v) is 2.98. The van der Waals surface area contributed by atoms with Crippen molar-refractivity contribution >= 4 is 21.6 Å². The van der Waals surface area contributed by atoms with Gasteiger partial charge in [-0.1, -0.05) is 0 Å². The van der Waals surface area contributed by atoms with Gasteiger partial charge >= 0.3 is 0 Å². The highest BCUT2D eigenvalue weighted by Gasteiger charge is 2.15. The second-order valence-corrected chi connectivity index (χ2v) is 7.27. The van der Waals surface area contributed by atoms with Crippen LogP contribution in [0.25, 0.3) is 5.69 Å². The van der Waals surface area contributed by atoms with Gasteiger partial charge in [-0.3, -0.25) is 4.79 Å². The van der Waals surface area contributed by atoms with E-state index in [0.29, 0.717) is 22.5 Å². The van der Waals surface area contributed by atoms with Crippen molar-refractivity contribution in [2.24, 2.45) is 5.14 Å². The second kappa shape index (κ2) is 6.65. The van der Waals surface area contributed by atoms with Gasteiger partial charge in [-0.2, -0.15) is 0 Å². The van der Waals surface area contributed by atoms with Crippen molar-refractivity contribution in [2.45, 2.75) is 18.7 Å². The number of nitrogens with zero attached hydrogens (tertiary/aromatic N) is 4. The molecule has 0 unspecified atom stereocenters. The third-order valence-corrected chi connectivity index (χ3v) is 4.85. The standard InChI is InChI=1S/C16H16N6O3S/c1-10-7-14(26(17,24)25)8-15(11(10)2)19-16(23)12-3-5-13(6-4-12)22-9-18-20-21-22/h3-9H,1-2H3,(H,19,23)(H2,17,24,25). The lowest BCUT2D eigenvalue weighted by Crippen LogP contribution is -2.16. The number of aromatic nitrogens is 4. The number of nitrogens with one attached hydrogen (secondary N) is 1. The minimum Gasteiger partial charge on any atom is -0.322 e. The number of aryl methyl sites for hydroxylation is 1. The molecule has 1 amide bonds. The summed E-state index contributed by atoms with van der Waals surface area (Å²) in [6, 6.07) is 9.47. The summed E-state index contributed by atoms with van der Waals surface area (Å²) in [7, 11) is -3.87. The summed E-state index contributed by atoms with van der Waals surface area (Å²) in [6.07, 6.45) is 1.44. The number of nitrogens with two attached hydrogens (primary N) is 1. The van der Waals surface area contributed by atoms with Gasteiger partial charge in [0, 0.05) is 11.3 Å². The van der Waals surface area contributed by atoms with Crippen molar-refractivity contribution in [3.63, 3.8) is 0 Å². The lowest BCUT2D eigenvalue weighted by atomic mass is 10.1. The summed E-state index contributed by atoms with van der Waals surface area (Å²) in [5.41, 5.74) is 2.97. The van der Waals surface area contributed by atoms with Crippen LogP contribution in [0.15, 0.2) is 47.6 Å². The van der Waals surface area contributed by atoms with Gasteiger partial charge in [0.1, 0.15) is 6.33 Å². The molecule has 0 saturated heterocycles. The zero-order valence-corrected chi connectivity index (χ0v) is 14.9. The molecule has 3 N–H and O–H groups in total. The molecule has 2 aromatic carbocycles. The van der Waals surface area contributed by atoms with E-state index in [1.165, 1.54) is 23.1 Å². The molecule has 26 heavy (non-hydrogen) atoms. The number of hydrogen-bond donors (Lipinski definition) is 2. The maximum atomic E-state index is 12.5. The van der Waals surface area contributed by atoms with Crippen LogP contribution in [0.4, 0.5) is 5.69 Å². The Kier molecular flexibility index (Phi) is 4.53. The zero-order valence-electron chi connectivity index (χ0n) is 14.0. The molecule has 10 heteroatoms. The first-order valence-electron chi connectivity index (χ1n) is 7.54. The number of benzene rings is 2. The number of carbonyl (C=O) groups is 1. The van der Waals surface area contributed by atoms with Crippen LogP contribution in [0.5, 0.6) is 0 Å². The molecule has 0 fully saturated rings. The van der Waals surface area contributed by atoms with Crippen molar-refractivity contribution < 1.29 is 13.2 Å². The summed E-state index contributed by atoms with van der Waals surface area (Å²) in [5, 5.41) is 18.8. The number of primary sulfonamides is 1. The molecule has 9 nitrogen and oxygen atoms in total. The third-order valence-electron chi connectivity index (χ3n) is 3.96. The molecule has 0 atom stereocenters. The highest BCUT2D eigenvalue weighted by Crippen LogP contribution is 2.24. The van der Waals surface area contributed by atoms with Crippen LogP contribution in [-0.4, -0.2) is 34.5 Å². The van der Waals surface area contributed by atoms with Crippen LogP contribution >= 0.6 is 0 Å². The molecule has 1 aromatic heterocycles. The minimum absolute atomic E-state index is 0.0510. The number of hydrogen-bond acceptors (Lipinski definition) is 6. The molecule has 3 rings (SSSR count). The van der Waals surface area contributed by atoms with Gasteiger partial charge < -0.3 is 5.32 Å². The molecule has 0 bridgehead atoms. The van der Waals surface area contributed by atoms with Gasteiger partial charge in [0.25, 0.3) is 5.91 Å². The molecular formula is C16H16N6O3S. The quantitative estimate of drug-likeness (QED) is 0.706. The van der Waals surface area contributed by atoms with Crippen molar-refractivity contribution in [1.82, 2.24) is 20.2 Å². The van der Waals surface area contributed by atoms with Crippen molar-refractivity contribution in [3.8, 4) is 5.69 Å². The Labute approximate surface area is 149 Å². The summed E-state index contributed by atoms with van der Waals surface area (Å²) in [6.45, 7) is 3.54. The largest absolute Gasteiger partial charge is 0.322 e. The average molecular weight is 372 g/mol. The molecule has 0 spiro atoms. The first-order valence-corrected chi connectivity index (χ1v) is 9.09. The predicted octanol–water partition coefficient (Wildman–Crippen LogP) is 1.18. The van der Waals surface area contributed by atoms with E-state index in [1.807, 2.05) is 0 Å². The van der Waals surface area contributed by atoms with Gasteiger partial charge in [0.15, 0.2) is 0 Å². The molecule has 0 radical (unpaired) electrons. The summed E-state index contributed by atoms with van der Waals surface area (Å²) in [5.74, 6) is -0.373. The van der Waals surface area contributed by atoms with E-state index in [0.717, 1.165) is 5.56 Å². The van der Waals surface area contributed by atoms with Crippen LogP contribution < -0.4 is 10.5 Å². The normalized spacial score (nSPS) is 11.3. The number of anilines is 1. The topological polar surface area (TPSA) is 133 Å². The second-order valence-electron chi connectivity index (χ2n) is 5.71. The molecule has 0 aliphatic heterocycles. The zero-order chi connectivity index (χ0) is 18.9. The Morgan fingerprint density at radius 2 is 1.85 bits per heavy atom. The third kappa shape index (κ3) is 3.60. The van der Waals surface area contributed by atoms with E-state index < -0.39 is 10.0 Å². The maximum Gasteiger partial charge on any atom is 0.255 e. The minimum atomic E-state index is -3.87. The molecule has 1 heterocycles. The number of sulfonamides is 1. The van der Waals surface area contributed by atoms with E-state index in [2.05, 4.69) is 20.8 Å². The summed E-state index contributed by atoms with van der Waals surface area (Å²) < 4.78 is 24.7. The molecular weight excluding hydrogens is 356 g/mol. The summed E-state index contributed by atoms with van der Waals surface area (Å²) in [4.78, 5) is 12.4. The Morgan fingerprint density at radius 1 is 1.15 bits per heavy atom. The number of rotatable bonds is 4. The average Bonchev–Trinajstić information content (AvgIpc) is 3.12. The van der Waals surface area contributed by atoms with Gasteiger partial charge in [-0.15, -0.1) is 5.10 Å². The Morgan fingerprint density at radius 3 is 2.42 bits per heavy atom. The summed E-state index contributed by atoms with van der Waals surface area (Å²) >= 11 is 0. The molecule has 134 valence electrons. The lowest BCUT2D eigenvalue weighted by molar-refractivity contribution is 0.102. The first-order chi connectivity index (χ1) is 12.3. The highest BCUT2D eigenvalue weighted by molar-refractivity contribution is 7.89.